The van der Waals surface area contributed by atoms with E-state index in [1.807, 2.05) is 0 Å². The fourth-order valence-electron chi connectivity index (χ4n) is 1.69. The summed E-state index contributed by atoms with van der Waals surface area (Å²) in [4.78, 5) is 11.8. The van der Waals surface area contributed by atoms with Gasteiger partial charge in [-0.2, -0.15) is 5.10 Å². The van der Waals surface area contributed by atoms with Crippen molar-refractivity contribution in [2.45, 2.75) is 11.9 Å². The zero-order valence-electron chi connectivity index (χ0n) is 10.8. The van der Waals surface area contributed by atoms with Crippen LogP contribution < -0.4 is 0 Å². The van der Waals surface area contributed by atoms with E-state index < -0.39 is 25.9 Å². The molecule has 1 aromatic heterocycles. The van der Waals surface area contributed by atoms with Crippen LogP contribution >= 0.6 is 10.7 Å². The molecule has 1 heterocycles. The van der Waals surface area contributed by atoms with E-state index >= 15 is 0 Å². The highest BCUT2D eigenvalue weighted by molar-refractivity contribution is 8.13. The van der Waals surface area contributed by atoms with Gasteiger partial charge in [-0.3, -0.25) is 0 Å². The molecule has 0 saturated carbocycles. The van der Waals surface area contributed by atoms with Crippen LogP contribution in [0.25, 0.3) is 5.69 Å². The van der Waals surface area contributed by atoms with Crippen molar-refractivity contribution >= 4 is 25.7 Å². The smallest absolute Gasteiger partial charge is 0.342 e. The molecule has 0 amide bonds. The summed E-state index contributed by atoms with van der Waals surface area (Å²) in [5.74, 6) is -1.35. The molecule has 2 aromatic rings. The summed E-state index contributed by atoms with van der Waals surface area (Å²) in [6.45, 7) is 1.65. The minimum atomic E-state index is -4.26. The van der Waals surface area contributed by atoms with Gasteiger partial charge in [-0.25, -0.2) is 22.3 Å². The third-order valence-corrected chi connectivity index (χ3v) is 3.82. The summed E-state index contributed by atoms with van der Waals surface area (Å²) in [7, 11) is 1.10. The molecule has 1 aromatic carbocycles. The summed E-state index contributed by atoms with van der Waals surface area (Å²) < 4.78 is 42.0. The summed E-state index contributed by atoms with van der Waals surface area (Å²) in [6.07, 6.45) is 1.04. The molecule has 0 unspecified atom stereocenters. The number of ether oxygens (including phenoxy) is 1. The highest BCUT2D eigenvalue weighted by Crippen LogP contribution is 2.24. The second-order valence-electron chi connectivity index (χ2n) is 3.91. The molecule has 0 bridgehead atoms. The molecule has 0 spiro atoms. The van der Waals surface area contributed by atoms with Crippen molar-refractivity contribution in [1.82, 2.24) is 9.78 Å². The predicted octanol–water partition coefficient (Wildman–Crippen LogP) is 2.12. The standard InChI is InChI=1S/C12H10ClFN2O4S/c1-2-20-12(17)10-7-15-16(11(10)21(13,18)19)9-5-3-8(14)4-6-9/h3-7H,2H2,1H3. The summed E-state index contributed by atoms with van der Waals surface area (Å²) >= 11 is 0. The van der Waals surface area contributed by atoms with Gasteiger partial charge in [-0.1, -0.05) is 0 Å². The number of hydrogen-bond acceptors (Lipinski definition) is 5. The Kier molecular flexibility index (Phi) is 4.29. The number of halogens is 2. The van der Waals surface area contributed by atoms with Crippen LogP contribution in [0.3, 0.4) is 0 Å². The number of carbonyl (C=O) groups excluding carboxylic acids is 1. The van der Waals surface area contributed by atoms with Crippen LogP contribution in [0.5, 0.6) is 0 Å². The molecular formula is C12H10ClFN2O4S. The van der Waals surface area contributed by atoms with Crippen molar-refractivity contribution in [2.24, 2.45) is 0 Å². The Bertz CT molecular complexity index is 771. The van der Waals surface area contributed by atoms with E-state index in [1.165, 1.54) is 12.1 Å². The molecule has 0 aliphatic carbocycles. The lowest BCUT2D eigenvalue weighted by Crippen LogP contribution is -2.11. The lowest BCUT2D eigenvalue weighted by Gasteiger charge is -2.06. The molecule has 0 N–H and O–H groups in total. The lowest BCUT2D eigenvalue weighted by atomic mass is 10.3. The van der Waals surface area contributed by atoms with Gasteiger partial charge in [0.2, 0.25) is 0 Å². The van der Waals surface area contributed by atoms with Crippen LogP contribution in [0.15, 0.2) is 35.5 Å². The molecule has 6 nitrogen and oxygen atoms in total. The van der Waals surface area contributed by atoms with Crippen LogP contribution in [0.2, 0.25) is 0 Å². The Morgan fingerprint density at radius 3 is 2.52 bits per heavy atom. The van der Waals surface area contributed by atoms with Crippen molar-refractivity contribution in [3.05, 3.63) is 41.8 Å². The van der Waals surface area contributed by atoms with E-state index in [2.05, 4.69) is 5.10 Å². The normalized spacial score (nSPS) is 11.4. The van der Waals surface area contributed by atoms with E-state index in [0.29, 0.717) is 0 Å². The zero-order valence-corrected chi connectivity index (χ0v) is 12.4. The van der Waals surface area contributed by atoms with Gasteiger partial charge in [0, 0.05) is 10.7 Å². The maximum atomic E-state index is 12.9. The highest BCUT2D eigenvalue weighted by atomic mass is 35.7. The van der Waals surface area contributed by atoms with E-state index in [1.54, 1.807) is 6.92 Å². The van der Waals surface area contributed by atoms with Crippen LogP contribution in [0.4, 0.5) is 4.39 Å². The van der Waals surface area contributed by atoms with Crippen molar-refractivity contribution in [2.75, 3.05) is 6.61 Å². The van der Waals surface area contributed by atoms with Crippen LogP contribution in [-0.4, -0.2) is 30.8 Å². The van der Waals surface area contributed by atoms with Gasteiger partial charge in [0.25, 0.3) is 9.05 Å². The summed E-state index contributed by atoms with van der Waals surface area (Å²) in [5.41, 5.74) is -0.0395. The fourth-order valence-corrected chi connectivity index (χ4v) is 2.89. The molecule has 21 heavy (non-hydrogen) atoms. The molecule has 0 fully saturated rings. The zero-order chi connectivity index (χ0) is 15.6. The van der Waals surface area contributed by atoms with Crippen molar-refractivity contribution in [1.29, 1.82) is 0 Å². The first-order chi connectivity index (χ1) is 9.84. The first kappa shape index (κ1) is 15.5. The number of carbonyl (C=O) groups is 1. The van der Waals surface area contributed by atoms with Crippen LogP contribution in [0, 0.1) is 5.82 Å². The van der Waals surface area contributed by atoms with Crippen LogP contribution in [-0.2, 0) is 13.8 Å². The Hall–Kier alpha value is -1.93. The van der Waals surface area contributed by atoms with Gasteiger partial charge in [-0.05, 0) is 31.2 Å². The van der Waals surface area contributed by atoms with Crippen molar-refractivity contribution in [3.63, 3.8) is 0 Å². The molecule has 0 radical (unpaired) electrons. The topological polar surface area (TPSA) is 78.3 Å². The Balaban J connectivity index is 2.63. The monoisotopic (exact) mass is 332 g/mol. The van der Waals surface area contributed by atoms with Crippen molar-refractivity contribution in [3.8, 4) is 5.69 Å². The van der Waals surface area contributed by atoms with E-state index in [0.717, 1.165) is 23.0 Å². The first-order valence-electron chi connectivity index (χ1n) is 5.80. The number of esters is 1. The van der Waals surface area contributed by atoms with Gasteiger partial charge in [0.05, 0.1) is 18.5 Å². The number of benzene rings is 1. The fraction of sp³-hybridized carbons (Fsp3) is 0.167. The SMILES string of the molecule is CCOC(=O)c1cnn(-c2ccc(F)cc2)c1S(=O)(=O)Cl. The van der Waals surface area contributed by atoms with E-state index in [4.69, 9.17) is 15.4 Å². The van der Waals surface area contributed by atoms with Gasteiger partial charge in [0.15, 0.2) is 5.03 Å². The minimum absolute atomic E-state index is 0.0718. The van der Waals surface area contributed by atoms with Gasteiger partial charge < -0.3 is 4.74 Å². The Labute approximate surface area is 124 Å². The van der Waals surface area contributed by atoms with Crippen molar-refractivity contribution < 1.29 is 22.3 Å². The highest BCUT2D eigenvalue weighted by Gasteiger charge is 2.28. The van der Waals surface area contributed by atoms with E-state index in [9.17, 15) is 17.6 Å². The average Bonchev–Trinajstić information content (AvgIpc) is 2.84. The second kappa shape index (κ2) is 5.82. The Morgan fingerprint density at radius 1 is 1.38 bits per heavy atom. The minimum Gasteiger partial charge on any atom is -0.462 e. The molecule has 2 rings (SSSR count). The largest absolute Gasteiger partial charge is 0.462 e. The molecule has 0 aliphatic rings. The van der Waals surface area contributed by atoms with Gasteiger partial charge in [0.1, 0.15) is 11.4 Å². The molecule has 9 heteroatoms. The number of rotatable bonds is 4. The number of hydrogen-bond donors (Lipinski definition) is 0. The third kappa shape index (κ3) is 3.22. The predicted molar refractivity (Wildman–Crippen MR) is 72.5 cm³/mol. The quantitative estimate of drug-likeness (QED) is 0.633. The lowest BCUT2D eigenvalue weighted by molar-refractivity contribution is 0.0521. The molecule has 0 atom stereocenters. The first-order valence-corrected chi connectivity index (χ1v) is 8.11. The molecule has 112 valence electrons. The third-order valence-electron chi connectivity index (χ3n) is 2.52. The van der Waals surface area contributed by atoms with E-state index in [-0.39, 0.29) is 17.9 Å². The molecule has 0 aliphatic heterocycles. The number of aromatic nitrogens is 2. The van der Waals surface area contributed by atoms with Crippen LogP contribution in [0.1, 0.15) is 17.3 Å². The maximum absolute atomic E-state index is 12.9. The molecular weight excluding hydrogens is 323 g/mol. The summed E-state index contributed by atoms with van der Waals surface area (Å²) in [5, 5.41) is 3.30. The summed E-state index contributed by atoms with van der Waals surface area (Å²) in [6, 6.07) is 4.88. The molecule has 0 saturated heterocycles. The van der Waals surface area contributed by atoms with Gasteiger partial charge >= 0.3 is 5.97 Å². The van der Waals surface area contributed by atoms with Gasteiger partial charge in [-0.15, -0.1) is 0 Å². The Morgan fingerprint density at radius 2 is 2.00 bits per heavy atom. The maximum Gasteiger partial charge on any atom is 0.342 e. The average molecular weight is 333 g/mol. The second-order valence-corrected chi connectivity index (χ2v) is 6.39. The number of nitrogens with zero attached hydrogens (tertiary/aromatic N) is 2.